The number of carbonyl (C=O) groups is 2. The van der Waals surface area contributed by atoms with E-state index >= 15 is 0 Å². The quantitative estimate of drug-likeness (QED) is 0.281. The Labute approximate surface area is 110 Å². The number of carbonyl (C=O) groups excluding carboxylic acids is 2. The first-order valence-corrected chi connectivity index (χ1v) is 5.04. The Morgan fingerprint density at radius 1 is 1.00 bits per heavy atom. The van der Waals surface area contributed by atoms with Crippen molar-refractivity contribution >= 4 is 17.5 Å². The Morgan fingerprint density at radius 2 is 1.60 bits per heavy atom. The zero-order valence-electron chi connectivity index (χ0n) is 10.3. The van der Waals surface area contributed by atoms with E-state index in [2.05, 4.69) is 9.47 Å². The van der Waals surface area contributed by atoms with E-state index in [4.69, 9.17) is 0 Å². The number of esters is 2. The SMILES string of the molecule is COC(=O)/C=C(\C(=O)OC)c1c(F)cc(F)c(F)c1F. The topological polar surface area (TPSA) is 52.6 Å². The van der Waals surface area contributed by atoms with Crippen molar-refractivity contribution < 1.29 is 36.6 Å². The molecule has 0 heterocycles. The molecule has 0 fully saturated rings. The molecule has 108 valence electrons. The molecule has 0 atom stereocenters. The molecular weight excluding hydrogens is 284 g/mol. The standard InChI is InChI=1S/C12H8F4O4/c1-19-8(17)3-5(12(18)20-2)9-6(13)4-7(14)10(15)11(9)16/h3-4H,1-2H3/b5-3-. The van der Waals surface area contributed by atoms with Gasteiger partial charge >= 0.3 is 11.9 Å². The molecule has 0 radical (unpaired) electrons. The molecule has 20 heavy (non-hydrogen) atoms. The number of benzene rings is 1. The molecule has 4 nitrogen and oxygen atoms in total. The highest BCUT2D eigenvalue weighted by atomic mass is 19.2. The first-order chi connectivity index (χ1) is 9.33. The predicted octanol–water partition coefficient (Wildman–Crippen LogP) is 1.97. The molecule has 1 rings (SSSR count). The van der Waals surface area contributed by atoms with Crippen LogP contribution in [0.3, 0.4) is 0 Å². The van der Waals surface area contributed by atoms with Crippen LogP contribution >= 0.6 is 0 Å². The van der Waals surface area contributed by atoms with Crippen molar-refractivity contribution in [1.82, 2.24) is 0 Å². The van der Waals surface area contributed by atoms with Crippen molar-refractivity contribution in [2.24, 2.45) is 0 Å². The van der Waals surface area contributed by atoms with E-state index in [1.165, 1.54) is 0 Å². The Balaban J connectivity index is 3.59. The molecule has 8 heteroatoms. The van der Waals surface area contributed by atoms with Crippen LogP contribution in [-0.4, -0.2) is 26.2 Å². The van der Waals surface area contributed by atoms with Gasteiger partial charge in [-0.05, 0) is 0 Å². The van der Waals surface area contributed by atoms with Gasteiger partial charge < -0.3 is 9.47 Å². The lowest BCUT2D eigenvalue weighted by atomic mass is 10.0. The molecule has 0 saturated carbocycles. The van der Waals surface area contributed by atoms with E-state index in [1.807, 2.05) is 0 Å². The Hall–Kier alpha value is -2.38. The van der Waals surface area contributed by atoms with Crippen LogP contribution in [0.5, 0.6) is 0 Å². The van der Waals surface area contributed by atoms with Crippen LogP contribution in [-0.2, 0) is 19.1 Å². The van der Waals surface area contributed by atoms with Crippen LogP contribution in [0.15, 0.2) is 12.1 Å². The van der Waals surface area contributed by atoms with Gasteiger partial charge in [0, 0.05) is 12.1 Å². The third-order valence-corrected chi connectivity index (χ3v) is 2.25. The van der Waals surface area contributed by atoms with Gasteiger partial charge in [0.25, 0.3) is 0 Å². The first-order valence-electron chi connectivity index (χ1n) is 5.04. The van der Waals surface area contributed by atoms with Gasteiger partial charge in [-0.15, -0.1) is 0 Å². The monoisotopic (exact) mass is 292 g/mol. The second-order valence-electron chi connectivity index (χ2n) is 3.42. The number of hydrogen-bond donors (Lipinski definition) is 0. The highest BCUT2D eigenvalue weighted by molar-refractivity contribution is 6.20. The Morgan fingerprint density at radius 3 is 2.10 bits per heavy atom. The zero-order chi connectivity index (χ0) is 15.4. The fourth-order valence-electron chi connectivity index (χ4n) is 1.33. The summed E-state index contributed by atoms with van der Waals surface area (Å²) in [5, 5.41) is 0. The van der Waals surface area contributed by atoms with E-state index in [-0.39, 0.29) is 6.07 Å². The van der Waals surface area contributed by atoms with Crippen molar-refractivity contribution in [3.63, 3.8) is 0 Å². The van der Waals surface area contributed by atoms with Crippen LogP contribution < -0.4 is 0 Å². The van der Waals surface area contributed by atoms with Crippen molar-refractivity contribution in [2.45, 2.75) is 0 Å². The molecule has 0 aliphatic heterocycles. The summed E-state index contributed by atoms with van der Waals surface area (Å²) in [4.78, 5) is 22.5. The van der Waals surface area contributed by atoms with E-state index in [0.717, 1.165) is 14.2 Å². The van der Waals surface area contributed by atoms with Gasteiger partial charge in [0.2, 0.25) is 0 Å². The molecule has 0 bridgehead atoms. The lowest BCUT2D eigenvalue weighted by Gasteiger charge is -2.09. The normalized spacial score (nSPS) is 11.2. The Bertz CT molecular complexity index is 596. The minimum Gasteiger partial charge on any atom is -0.466 e. The summed E-state index contributed by atoms with van der Waals surface area (Å²) in [5.74, 6) is -9.73. The summed E-state index contributed by atoms with van der Waals surface area (Å²) in [6.07, 6.45) is 0.407. The number of halogens is 4. The highest BCUT2D eigenvalue weighted by Crippen LogP contribution is 2.26. The van der Waals surface area contributed by atoms with Gasteiger partial charge in [0.1, 0.15) is 5.82 Å². The van der Waals surface area contributed by atoms with E-state index in [1.54, 1.807) is 0 Å². The maximum atomic E-state index is 13.6. The van der Waals surface area contributed by atoms with Crippen LogP contribution in [0, 0.1) is 23.3 Å². The number of methoxy groups -OCH3 is 2. The Kier molecular flexibility index (Phi) is 4.84. The summed E-state index contributed by atoms with van der Waals surface area (Å²) in [7, 11) is 1.83. The second-order valence-corrected chi connectivity index (χ2v) is 3.42. The summed E-state index contributed by atoms with van der Waals surface area (Å²) < 4.78 is 61.5. The molecule has 0 saturated heterocycles. The van der Waals surface area contributed by atoms with Crippen molar-refractivity contribution in [3.8, 4) is 0 Å². The summed E-state index contributed by atoms with van der Waals surface area (Å²) in [5.41, 5.74) is -2.16. The average molecular weight is 292 g/mol. The fourth-order valence-corrected chi connectivity index (χ4v) is 1.33. The largest absolute Gasteiger partial charge is 0.466 e. The first kappa shape index (κ1) is 15.7. The summed E-state index contributed by atoms with van der Waals surface area (Å²) in [6, 6.07) is 0.0435. The number of ether oxygens (including phenoxy) is 2. The van der Waals surface area contributed by atoms with Gasteiger partial charge in [-0.3, -0.25) is 0 Å². The third-order valence-electron chi connectivity index (χ3n) is 2.25. The predicted molar refractivity (Wildman–Crippen MR) is 58.3 cm³/mol. The van der Waals surface area contributed by atoms with Gasteiger partial charge in [0.05, 0.1) is 25.4 Å². The lowest BCUT2D eigenvalue weighted by Crippen LogP contribution is -2.12. The number of hydrogen-bond acceptors (Lipinski definition) is 4. The van der Waals surface area contributed by atoms with Gasteiger partial charge in [-0.2, -0.15) is 0 Å². The minimum atomic E-state index is -1.99. The zero-order valence-corrected chi connectivity index (χ0v) is 10.3. The second kappa shape index (κ2) is 6.18. The van der Waals surface area contributed by atoms with Crippen molar-refractivity contribution in [2.75, 3.05) is 14.2 Å². The molecule has 0 spiro atoms. The molecule has 0 amide bonds. The molecule has 0 unspecified atom stereocenters. The highest BCUT2D eigenvalue weighted by Gasteiger charge is 2.27. The van der Waals surface area contributed by atoms with Crippen molar-refractivity contribution in [3.05, 3.63) is 41.0 Å². The van der Waals surface area contributed by atoms with Crippen LogP contribution in [0.2, 0.25) is 0 Å². The smallest absolute Gasteiger partial charge is 0.338 e. The summed E-state index contributed by atoms with van der Waals surface area (Å²) in [6.45, 7) is 0. The molecule has 0 aliphatic rings. The average Bonchev–Trinajstić information content (AvgIpc) is 2.42. The molecule has 0 aliphatic carbocycles. The minimum absolute atomic E-state index is 0.0435. The molecular formula is C12H8F4O4. The van der Waals surface area contributed by atoms with E-state index < -0.39 is 46.3 Å². The van der Waals surface area contributed by atoms with Gasteiger partial charge in [-0.1, -0.05) is 0 Å². The fraction of sp³-hybridized carbons (Fsp3) is 0.167. The molecule has 0 aromatic heterocycles. The van der Waals surface area contributed by atoms with Crippen molar-refractivity contribution in [1.29, 1.82) is 0 Å². The van der Waals surface area contributed by atoms with E-state index in [9.17, 15) is 27.2 Å². The lowest BCUT2D eigenvalue weighted by molar-refractivity contribution is -0.136. The van der Waals surface area contributed by atoms with Gasteiger partial charge in [0.15, 0.2) is 17.5 Å². The van der Waals surface area contributed by atoms with E-state index in [0.29, 0.717) is 6.08 Å². The maximum absolute atomic E-state index is 13.6. The number of rotatable bonds is 3. The summed E-state index contributed by atoms with van der Waals surface area (Å²) >= 11 is 0. The molecule has 1 aromatic rings. The third kappa shape index (κ3) is 2.95. The van der Waals surface area contributed by atoms with Gasteiger partial charge in [-0.25, -0.2) is 27.2 Å². The maximum Gasteiger partial charge on any atom is 0.338 e. The van der Waals surface area contributed by atoms with Crippen LogP contribution in [0.1, 0.15) is 5.56 Å². The van der Waals surface area contributed by atoms with Crippen LogP contribution in [0.4, 0.5) is 17.6 Å². The molecule has 0 N–H and O–H groups in total. The molecule has 1 aromatic carbocycles. The van der Waals surface area contributed by atoms with Crippen LogP contribution in [0.25, 0.3) is 5.57 Å².